The van der Waals surface area contributed by atoms with Crippen molar-refractivity contribution in [1.82, 2.24) is 14.2 Å². The summed E-state index contributed by atoms with van der Waals surface area (Å²) in [4.78, 5) is 23.2. The summed E-state index contributed by atoms with van der Waals surface area (Å²) in [6.07, 6.45) is 2.79. The number of carbonyl (C=O) groups excluding carboxylic acids is 1. The summed E-state index contributed by atoms with van der Waals surface area (Å²) in [5, 5.41) is 2.33. The molecule has 1 atom stereocenters. The van der Waals surface area contributed by atoms with Crippen LogP contribution in [0.25, 0.3) is 10.2 Å². The number of hydrogen-bond donors (Lipinski definition) is 0. The quantitative estimate of drug-likeness (QED) is 0.379. The van der Waals surface area contributed by atoms with Crippen molar-refractivity contribution in [1.29, 1.82) is 0 Å². The highest BCUT2D eigenvalue weighted by atomic mass is 32.2. The van der Waals surface area contributed by atoms with Gasteiger partial charge in [-0.3, -0.25) is 14.6 Å². The lowest BCUT2D eigenvalue weighted by Crippen LogP contribution is -2.53. The highest BCUT2D eigenvalue weighted by molar-refractivity contribution is 7.91. The SMILES string of the molecule is COc1ccc(C)c2sc(N(CCCN3CCOCC3)C(=O)C3CCCCN3S(=O)(=O)c3cccs3)nc12. The zero-order valence-corrected chi connectivity index (χ0v) is 24.2. The van der Waals surface area contributed by atoms with Gasteiger partial charge >= 0.3 is 0 Å². The number of thiophene rings is 1. The van der Waals surface area contributed by atoms with E-state index in [0.717, 1.165) is 67.9 Å². The van der Waals surface area contributed by atoms with Crippen molar-refractivity contribution in [2.75, 3.05) is 57.9 Å². The third-order valence-electron chi connectivity index (χ3n) is 7.17. The molecule has 0 aliphatic carbocycles. The number of rotatable bonds is 9. The fourth-order valence-electron chi connectivity index (χ4n) is 5.10. The summed E-state index contributed by atoms with van der Waals surface area (Å²) in [6.45, 7) is 6.84. The number of methoxy groups -OCH3 is 1. The standard InChI is InChI=1S/C26H34N4O5S3/c1-19-9-10-21(34-2)23-24(19)37-26(27-23)29(12-6-11-28-14-16-35-17-15-28)25(31)20-7-3-4-13-30(20)38(32,33)22-8-5-18-36-22/h5,8-10,18,20H,3-4,6-7,11-17H2,1-2H3. The summed E-state index contributed by atoms with van der Waals surface area (Å²) in [5.41, 5.74) is 1.79. The summed E-state index contributed by atoms with van der Waals surface area (Å²) >= 11 is 2.65. The van der Waals surface area contributed by atoms with Gasteiger partial charge in [-0.2, -0.15) is 4.31 Å². The van der Waals surface area contributed by atoms with E-state index in [1.54, 1.807) is 29.5 Å². The molecule has 2 aliphatic rings. The van der Waals surface area contributed by atoms with Gasteiger partial charge in [0, 0.05) is 32.7 Å². The molecule has 3 aromatic rings. The number of sulfonamides is 1. The first-order chi connectivity index (χ1) is 18.4. The molecule has 9 nitrogen and oxygen atoms in total. The zero-order chi connectivity index (χ0) is 26.7. The molecule has 12 heteroatoms. The predicted molar refractivity (Wildman–Crippen MR) is 151 cm³/mol. The number of anilines is 1. The third-order valence-corrected chi connectivity index (χ3v) is 11.7. The molecule has 1 unspecified atom stereocenters. The lowest BCUT2D eigenvalue weighted by Gasteiger charge is -2.36. The Morgan fingerprint density at radius 1 is 1.21 bits per heavy atom. The Morgan fingerprint density at radius 2 is 2.03 bits per heavy atom. The van der Waals surface area contributed by atoms with Crippen LogP contribution in [-0.4, -0.2) is 87.6 Å². The van der Waals surface area contributed by atoms with Gasteiger partial charge in [0.05, 0.1) is 25.0 Å². The molecule has 0 N–H and O–H groups in total. The van der Waals surface area contributed by atoms with Crippen LogP contribution in [0.2, 0.25) is 0 Å². The van der Waals surface area contributed by atoms with E-state index in [0.29, 0.717) is 30.4 Å². The lowest BCUT2D eigenvalue weighted by molar-refractivity contribution is -0.123. The Morgan fingerprint density at radius 3 is 2.76 bits per heavy atom. The molecule has 2 aliphatic heterocycles. The van der Waals surface area contributed by atoms with Gasteiger partial charge in [0.25, 0.3) is 10.0 Å². The molecule has 2 fully saturated rings. The fraction of sp³-hybridized carbons (Fsp3) is 0.538. The monoisotopic (exact) mass is 578 g/mol. The minimum atomic E-state index is -3.76. The maximum absolute atomic E-state index is 14.2. The van der Waals surface area contributed by atoms with Crippen LogP contribution in [-0.2, 0) is 19.6 Å². The van der Waals surface area contributed by atoms with Crippen LogP contribution in [0.1, 0.15) is 31.2 Å². The van der Waals surface area contributed by atoms with Crippen molar-refractivity contribution in [2.24, 2.45) is 0 Å². The van der Waals surface area contributed by atoms with E-state index >= 15 is 0 Å². The molecular formula is C26H34N4O5S3. The van der Waals surface area contributed by atoms with Crippen LogP contribution in [0.3, 0.4) is 0 Å². The smallest absolute Gasteiger partial charge is 0.253 e. The average molecular weight is 579 g/mol. The van der Waals surface area contributed by atoms with Crippen molar-refractivity contribution >= 4 is 54.0 Å². The molecule has 2 aromatic heterocycles. The van der Waals surface area contributed by atoms with Gasteiger partial charge in [-0.05, 0) is 49.3 Å². The van der Waals surface area contributed by atoms with E-state index in [1.165, 1.54) is 27.0 Å². The molecule has 5 rings (SSSR count). The Kier molecular flexibility index (Phi) is 8.65. The minimum Gasteiger partial charge on any atom is -0.494 e. The van der Waals surface area contributed by atoms with E-state index in [-0.39, 0.29) is 10.1 Å². The molecule has 38 heavy (non-hydrogen) atoms. The van der Waals surface area contributed by atoms with Gasteiger partial charge in [0.15, 0.2) is 5.13 Å². The van der Waals surface area contributed by atoms with Gasteiger partial charge in [-0.15, -0.1) is 11.3 Å². The lowest BCUT2D eigenvalue weighted by atomic mass is 10.0. The Labute approximate surface area is 232 Å². The molecule has 4 heterocycles. The topological polar surface area (TPSA) is 92.3 Å². The number of fused-ring (bicyclic) bond motifs is 1. The maximum atomic E-state index is 14.2. The molecule has 1 amide bonds. The number of piperidine rings is 1. The number of nitrogens with zero attached hydrogens (tertiary/aromatic N) is 4. The van der Waals surface area contributed by atoms with Crippen LogP contribution in [0.4, 0.5) is 5.13 Å². The maximum Gasteiger partial charge on any atom is 0.253 e. The molecule has 0 radical (unpaired) electrons. The molecule has 1 aromatic carbocycles. The molecule has 0 bridgehead atoms. The van der Waals surface area contributed by atoms with Crippen molar-refractivity contribution in [3.8, 4) is 5.75 Å². The van der Waals surface area contributed by atoms with Gasteiger partial charge in [0.1, 0.15) is 21.5 Å². The normalized spacial score (nSPS) is 19.6. The number of hydrogen-bond acceptors (Lipinski definition) is 9. The van der Waals surface area contributed by atoms with E-state index < -0.39 is 16.1 Å². The Hall–Kier alpha value is -2.09. The number of benzene rings is 1. The molecule has 0 spiro atoms. The van der Waals surface area contributed by atoms with Crippen molar-refractivity contribution in [3.63, 3.8) is 0 Å². The van der Waals surface area contributed by atoms with Crippen LogP contribution >= 0.6 is 22.7 Å². The summed E-state index contributed by atoms with van der Waals surface area (Å²) in [5.74, 6) is 0.455. The van der Waals surface area contributed by atoms with Crippen LogP contribution < -0.4 is 9.64 Å². The second-order valence-corrected chi connectivity index (χ2v) is 13.7. The second-order valence-electron chi connectivity index (χ2n) is 9.62. The van der Waals surface area contributed by atoms with Crippen molar-refractivity contribution in [3.05, 3.63) is 35.2 Å². The van der Waals surface area contributed by atoms with E-state index in [9.17, 15) is 13.2 Å². The van der Waals surface area contributed by atoms with Crippen LogP contribution in [0.15, 0.2) is 33.9 Å². The van der Waals surface area contributed by atoms with Crippen molar-refractivity contribution in [2.45, 2.75) is 42.9 Å². The number of aromatic nitrogens is 1. The Bertz CT molecular complexity index is 1350. The summed E-state index contributed by atoms with van der Waals surface area (Å²) in [6, 6.07) is 6.47. The third kappa shape index (κ3) is 5.61. The number of carbonyl (C=O) groups is 1. The first-order valence-corrected chi connectivity index (χ1v) is 16.1. The van der Waals surface area contributed by atoms with Crippen molar-refractivity contribution < 1.29 is 22.7 Å². The molecule has 206 valence electrons. The number of amides is 1. The van der Waals surface area contributed by atoms with Gasteiger partial charge in [-0.25, -0.2) is 13.4 Å². The van der Waals surface area contributed by atoms with Gasteiger partial charge in [0.2, 0.25) is 5.91 Å². The minimum absolute atomic E-state index is 0.206. The van der Waals surface area contributed by atoms with Crippen LogP contribution in [0, 0.1) is 6.92 Å². The van der Waals surface area contributed by atoms with Crippen LogP contribution in [0.5, 0.6) is 5.75 Å². The van der Waals surface area contributed by atoms with E-state index in [2.05, 4.69) is 4.90 Å². The fourth-order valence-corrected chi connectivity index (χ4v) is 8.95. The number of aryl methyl sites for hydroxylation is 1. The van der Waals surface area contributed by atoms with Gasteiger partial charge in [-0.1, -0.05) is 29.9 Å². The number of thiazole rings is 1. The zero-order valence-electron chi connectivity index (χ0n) is 21.8. The molecule has 2 saturated heterocycles. The van der Waals surface area contributed by atoms with E-state index in [1.807, 2.05) is 19.1 Å². The highest BCUT2D eigenvalue weighted by Crippen LogP contribution is 2.38. The second kappa shape index (κ2) is 12.0. The largest absolute Gasteiger partial charge is 0.494 e. The summed E-state index contributed by atoms with van der Waals surface area (Å²) < 4.78 is 40.7. The first-order valence-electron chi connectivity index (χ1n) is 13.0. The number of ether oxygens (including phenoxy) is 2. The summed E-state index contributed by atoms with van der Waals surface area (Å²) in [7, 11) is -2.15. The first kappa shape index (κ1) is 27.5. The highest BCUT2D eigenvalue weighted by Gasteiger charge is 2.40. The predicted octanol–water partition coefficient (Wildman–Crippen LogP) is 3.97. The average Bonchev–Trinajstić information content (AvgIpc) is 3.64. The molecule has 0 saturated carbocycles. The number of morpholine rings is 1. The molecular weight excluding hydrogens is 545 g/mol. The van der Waals surface area contributed by atoms with E-state index in [4.69, 9.17) is 14.5 Å². The van der Waals surface area contributed by atoms with Gasteiger partial charge < -0.3 is 9.47 Å². The Balaban J connectivity index is 1.47.